The molecule has 1 fully saturated rings. The summed E-state index contributed by atoms with van der Waals surface area (Å²) in [7, 11) is 0. The molecule has 5 heteroatoms. The lowest BCUT2D eigenvalue weighted by atomic mass is 10.1. The lowest BCUT2D eigenvalue weighted by Gasteiger charge is -2.30. The van der Waals surface area contributed by atoms with Crippen LogP contribution in [0.4, 0.5) is 5.69 Å². The number of likely N-dealkylation sites (tertiary alicyclic amines) is 1. The van der Waals surface area contributed by atoms with Gasteiger partial charge in [-0.3, -0.25) is 0 Å². The molecule has 0 bridgehead atoms. The molecule has 1 aliphatic heterocycles. The lowest BCUT2D eigenvalue weighted by Crippen LogP contribution is -3.13. The van der Waals surface area contributed by atoms with Gasteiger partial charge in [0.25, 0.3) is 0 Å². The second-order valence-corrected chi connectivity index (χ2v) is 6.90. The van der Waals surface area contributed by atoms with E-state index in [4.69, 9.17) is 16.6 Å². The van der Waals surface area contributed by atoms with Crippen LogP contribution < -0.4 is 15.5 Å². The van der Waals surface area contributed by atoms with Gasteiger partial charge in [-0.15, -0.1) is 0 Å². The van der Waals surface area contributed by atoms with Crippen LogP contribution >= 0.6 is 12.2 Å². The van der Waals surface area contributed by atoms with E-state index in [1.165, 1.54) is 37.9 Å². The van der Waals surface area contributed by atoms with Gasteiger partial charge < -0.3 is 20.0 Å². The van der Waals surface area contributed by atoms with E-state index < -0.39 is 0 Å². The summed E-state index contributed by atoms with van der Waals surface area (Å²) in [5.74, 6) is 1.04. The van der Waals surface area contributed by atoms with Gasteiger partial charge in [-0.1, -0.05) is 17.7 Å². The van der Waals surface area contributed by atoms with Gasteiger partial charge >= 0.3 is 0 Å². The van der Waals surface area contributed by atoms with Gasteiger partial charge in [0, 0.05) is 5.69 Å². The highest BCUT2D eigenvalue weighted by Crippen LogP contribution is 2.12. The maximum atomic E-state index is 5.69. The van der Waals surface area contributed by atoms with Crippen LogP contribution in [0.5, 0.6) is 0 Å². The van der Waals surface area contributed by atoms with Crippen molar-refractivity contribution in [3.8, 4) is 0 Å². The van der Waals surface area contributed by atoms with Crippen molar-refractivity contribution in [1.82, 2.24) is 5.32 Å². The second kappa shape index (κ2) is 8.31. The number of benzene rings is 1. The Morgan fingerprint density at radius 1 is 1.17 bits per heavy atom. The number of aryl methyl sites for hydroxylation is 1. The molecule has 0 saturated carbocycles. The van der Waals surface area contributed by atoms with Crippen molar-refractivity contribution >= 4 is 23.0 Å². The normalized spacial score (nSPS) is 16.5. The van der Waals surface area contributed by atoms with E-state index in [2.05, 4.69) is 35.8 Å². The Kier molecular flexibility index (Phi) is 5.88. The van der Waals surface area contributed by atoms with Gasteiger partial charge in [-0.25, -0.2) is 0 Å². The average molecular weight is 345 g/mol. The highest BCUT2D eigenvalue weighted by atomic mass is 32.1. The number of rotatable bonds is 5. The quantitative estimate of drug-likeness (QED) is 0.730. The lowest BCUT2D eigenvalue weighted by molar-refractivity contribution is -0.936. The standard InChI is InChI=1S/C19H25N3OS/c1-15-7-9-16(10-8-15)21-19(24)20-14-17(18-6-5-13-23-18)22-11-3-2-4-12-22/h5-10,13,17H,2-4,11-12,14H2,1H3,(H2,20,21,24)/p+1/t17-/m0/s1. The van der Waals surface area contributed by atoms with E-state index in [0.29, 0.717) is 11.2 Å². The third-order valence-corrected chi connectivity index (χ3v) is 4.90. The largest absolute Gasteiger partial charge is 0.463 e. The molecule has 3 N–H and O–H groups in total. The SMILES string of the molecule is Cc1ccc(NC(=S)NC[C@@H](c2ccco2)[NH+]2CCCCC2)cc1. The van der Waals surface area contributed by atoms with Gasteiger partial charge in [0.05, 0.1) is 25.9 Å². The number of furan rings is 1. The number of hydrogen-bond donors (Lipinski definition) is 3. The maximum absolute atomic E-state index is 5.69. The van der Waals surface area contributed by atoms with Crippen LogP contribution in [0.15, 0.2) is 47.1 Å². The first kappa shape index (κ1) is 17.0. The number of thiocarbonyl (C=S) groups is 1. The van der Waals surface area contributed by atoms with E-state index in [1.54, 1.807) is 11.2 Å². The molecule has 1 aromatic carbocycles. The molecular weight excluding hydrogens is 318 g/mol. The Morgan fingerprint density at radius 2 is 1.92 bits per heavy atom. The van der Waals surface area contributed by atoms with Crippen LogP contribution in [0.3, 0.4) is 0 Å². The van der Waals surface area contributed by atoms with Crippen molar-refractivity contribution in [2.45, 2.75) is 32.2 Å². The molecule has 0 unspecified atom stereocenters. The fraction of sp³-hybridized carbons (Fsp3) is 0.421. The van der Waals surface area contributed by atoms with E-state index >= 15 is 0 Å². The summed E-state index contributed by atoms with van der Waals surface area (Å²) in [6.07, 6.45) is 5.68. The van der Waals surface area contributed by atoms with Gasteiger partial charge in [0.2, 0.25) is 0 Å². The zero-order valence-electron chi connectivity index (χ0n) is 14.2. The van der Waals surface area contributed by atoms with E-state index in [0.717, 1.165) is 18.0 Å². The summed E-state index contributed by atoms with van der Waals surface area (Å²) in [5.41, 5.74) is 2.25. The van der Waals surface area contributed by atoms with Crippen molar-refractivity contribution in [3.63, 3.8) is 0 Å². The van der Waals surface area contributed by atoms with Crippen molar-refractivity contribution < 1.29 is 9.32 Å². The van der Waals surface area contributed by atoms with Crippen molar-refractivity contribution in [1.29, 1.82) is 0 Å². The van der Waals surface area contributed by atoms with Crippen molar-refractivity contribution in [3.05, 3.63) is 54.0 Å². The van der Waals surface area contributed by atoms with Crippen LogP contribution in [-0.4, -0.2) is 24.7 Å². The molecule has 4 nitrogen and oxygen atoms in total. The monoisotopic (exact) mass is 344 g/mol. The Balaban J connectivity index is 1.58. The van der Waals surface area contributed by atoms with Gasteiger partial charge in [0.15, 0.2) is 16.9 Å². The molecule has 2 aromatic rings. The van der Waals surface area contributed by atoms with E-state index in [-0.39, 0.29) is 0 Å². The molecule has 1 atom stereocenters. The van der Waals surface area contributed by atoms with Gasteiger partial charge in [-0.05, 0) is 62.7 Å². The fourth-order valence-electron chi connectivity index (χ4n) is 3.30. The minimum absolute atomic E-state index is 0.304. The summed E-state index contributed by atoms with van der Waals surface area (Å²) in [4.78, 5) is 1.59. The molecular formula is C19H26N3OS+. The third kappa shape index (κ3) is 4.58. The zero-order valence-corrected chi connectivity index (χ0v) is 15.0. The first-order valence-electron chi connectivity index (χ1n) is 8.72. The molecule has 0 amide bonds. The molecule has 1 aromatic heterocycles. The summed E-state index contributed by atoms with van der Waals surface area (Å²) < 4.78 is 5.69. The maximum Gasteiger partial charge on any atom is 0.171 e. The second-order valence-electron chi connectivity index (χ2n) is 6.49. The molecule has 0 aliphatic carbocycles. The molecule has 24 heavy (non-hydrogen) atoms. The number of quaternary nitrogens is 1. The van der Waals surface area contributed by atoms with Gasteiger partial charge in [-0.2, -0.15) is 0 Å². The van der Waals surface area contributed by atoms with Crippen LogP contribution in [0.1, 0.15) is 36.6 Å². The summed E-state index contributed by atoms with van der Waals surface area (Å²) in [6.45, 7) is 5.26. The van der Waals surface area contributed by atoms with E-state index in [9.17, 15) is 0 Å². The minimum atomic E-state index is 0.304. The smallest absolute Gasteiger partial charge is 0.171 e. The summed E-state index contributed by atoms with van der Waals surface area (Å²) in [5, 5.41) is 7.28. The van der Waals surface area contributed by atoms with Crippen LogP contribution in [0.2, 0.25) is 0 Å². The minimum Gasteiger partial charge on any atom is -0.463 e. The Labute approximate surface area is 149 Å². The first-order chi connectivity index (χ1) is 11.7. The van der Waals surface area contributed by atoms with Crippen LogP contribution in [-0.2, 0) is 0 Å². The van der Waals surface area contributed by atoms with Crippen molar-refractivity contribution in [2.75, 3.05) is 25.0 Å². The molecule has 2 heterocycles. The fourth-order valence-corrected chi connectivity index (χ4v) is 3.50. The van der Waals surface area contributed by atoms with Crippen LogP contribution in [0.25, 0.3) is 0 Å². The number of piperidine rings is 1. The van der Waals surface area contributed by atoms with Gasteiger partial charge in [0.1, 0.15) is 0 Å². The van der Waals surface area contributed by atoms with E-state index in [1.807, 2.05) is 18.2 Å². The molecule has 1 aliphatic rings. The Morgan fingerprint density at radius 3 is 2.58 bits per heavy atom. The molecule has 0 radical (unpaired) electrons. The number of hydrogen-bond acceptors (Lipinski definition) is 2. The van der Waals surface area contributed by atoms with Crippen molar-refractivity contribution in [2.24, 2.45) is 0 Å². The molecule has 3 rings (SSSR count). The molecule has 128 valence electrons. The molecule has 0 spiro atoms. The summed E-state index contributed by atoms with van der Waals surface area (Å²) in [6, 6.07) is 12.6. The highest BCUT2D eigenvalue weighted by molar-refractivity contribution is 7.80. The first-order valence-corrected chi connectivity index (χ1v) is 9.13. The highest BCUT2D eigenvalue weighted by Gasteiger charge is 2.28. The predicted molar refractivity (Wildman–Crippen MR) is 101 cm³/mol. The van der Waals surface area contributed by atoms with Crippen LogP contribution in [0, 0.1) is 6.92 Å². The third-order valence-electron chi connectivity index (χ3n) is 4.65. The molecule has 1 saturated heterocycles. The topological polar surface area (TPSA) is 41.6 Å². The average Bonchev–Trinajstić information content (AvgIpc) is 3.12. The zero-order chi connectivity index (χ0) is 16.8. The number of anilines is 1. The summed E-state index contributed by atoms with van der Waals surface area (Å²) >= 11 is 5.46. The predicted octanol–water partition coefficient (Wildman–Crippen LogP) is 2.68. The Hall–Kier alpha value is -1.85. The Bertz CT molecular complexity index is 633. The number of nitrogens with one attached hydrogen (secondary N) is 3.